The number of nitrogens with one attached hydrogen (secondary N) is 2. The largest absolute Gasteiger partial charge is 0.364 e. The first-order chi connectivity index (χ1) is 14.3. The standard InChI is InChI=1S/C23H30N6.HI/c1-24-23(26-18-19-7-9-21(10-8-19)28-14-4-5-15-28)27-20-11-16-29(17-12-20)22-6-2-3-13-25-22;/h2-10,13,20H,11-12,14-18H2,1H3,(H2,24,26,27);1H. The van der Waals surface area contributed by atoms with Gasteiger partial charge in [0.2, 0.25) is 0 Å². The van der Waals surface area contributed by atoms with Crippen LogP contribution < -0.4 is 20.4 Å². The number of piperidine rings is 1. The van der Waals surface area contributed by atoms with Gasteiger partial charge in [-0.15, -0.1) is 24.0 Å². The summed E-state index contributed by atoms with van der Waals surface area (Å²) in [6, 6.07) is 15.3. The molecular formula is C23H31IN6. The Morgan fingerprint density at radius 3 is 2.40 bits per heavy atom. The minimum Gasteiger partial charge on any atom is -0.364 e. The molecule has 1 aromatic heterocycles. The van der Waals surface area contributed by atoms with Gasteiger partial charge in [-0.1, -0.05) is 30.4 Å². The third kappa shape index (κ3) is 5.87. The normalized spacial score (nSPS) is 17.0. The van der Waals surface area contributed by atoms with Crippen molar-refractivity contribution in [2.24, 2.45) is 4.99 Å². The van der Waals surface area contributed by atoms with E-state index < -0.39 is 0 Å². The van der Waals surface area contributed by atoms with E-state index in [0.29, 0.717) is 6.04 Å². The molecule has 0 spiro atoms. The molecule has 0 aliphatic carbocycles. The zero-order valence-electron chi connectivity index (χ0n) is 17.5. The topological polar surface area (TPSA) is 55.8 Å². The number of hydrogen-bond acceptors (Lipinski definition) is 4. The summed E-state index contributed by atoms with van der Waals surface area (Å²) in [5.41, 5.74) is 2.54. The minimum atomic E-state index is 0. The fourth-order valence-corrected chi connectivity index (χ4v) is 3.88. The third-order valence-electron chi connectivity index (χ3n) is 5.61. The molecule has 1 saturated heterocycles. The van der Waals surface area contributed by atoms with E-state index in [0.717, 1.165) is 57.3 Å². The number of nitrogens with zero attached hydrogens (tertiary/aromatic N) is 4. The van der Waals surface area contributed by atoms with Crippen LogP contribution in [0.1, 0.15) is 18.4 Å². The Kier molecular flexibility index (Phi) is 8.36. The van der Waals surface area contributed by atoms with E-state index >= 15 is 0 Å². The van der Waals surface area contributed by atoms with Gasteiger partial charge in [0.25, 0.3) is 0 Å². The van der Waals surface area contributed by atoms with Crippen molar-refractivity contribution in [1.82, 2.24) is 15.6 Å². The molecule has 7 heteroatoms. The van der Waals surface area contributed by atoms with Crippen molar-refractivity contribution in [3.05, 3.63) is 66.4 Å². The van der Waals surface area contributed by atoms with Gasteiger partial charge in [-0.05, 0) is 42.7 Å². The van der Waals surface area contributed by atoms with Gasteiger partial charge in [-0.3, -0.25) is 4.99 Å². The molecule has 0 radical (unpaired) electrons. The third-order valence-corrected chi connectivity index (χ3v) is 5.61. The van der Waals surface area contributed by atoms with E-state index in [1.165, 1.54) is 11.3 Å². The maximum Gasteiger partial charge on any atom is 0.191 e. The van der Waals surface area contributed by atoms with Crippen LogP contribution >= 0.6 is 24.0 Å². The molecule has 1 fully saturated rings. The number of rotatable bonds is 5. The van der Waals surface area contributed by atoms with Crippen molar-refractivity contribution in [1.29, 1.82) is 0 Å². The number of hydrogen-bond donors (Lipinski definition) is 2. The van der Waals surface area contributed by atoms with Gasteiger partial charge in [0.05, 0.1) is 0 Å². The average molecular weight is 518 g/mol. The van der Waals surface area contributed by atoms with Gasteiger partial charge >= 0.3 is 0 Å². The lowest BCUT2D eigenvalue weighted by atomic mass is 10.1. The van der Waals surface area contributed by atoms with Gasteiger partial charge < -0.3 is 20.4 Å². The van der Waals surface area contributed by atoms with Crippen LogP contribution in [-0.4, -0.2) is 50.2 Å². The maximum absolute atomic E-state index is 4.46. The minimum absolute atomic E-state index is 0. The van der Waals surface area contributed by atoms with E-state index in [1.807, 2.05) is 25.4 Å². The molecule has 1 aromatic carbocycles. The molecule has 2 N–H and O–H groups in total. The number of halogens is 1. The molecule has 30 heavy (non-hydrogen) atoms. The predicted molar refractivity (Wildman–Crippen MR) is 136 cm³/mol. The zero-order valence-corrected chi connectivity index (χ0v) is 19.8. The molecule has 2 aromatic rings. The quantitative estimate of drug-likeness (QED) is 0.275. The van der Waals surface area contributed by atoms with Crippen molar-refractivity contribution >= 4 is 41.4 Å². The number of anilines is 2. The van der Waals surface area contributed by atoms with Gasteiger partial charge in [0.1, 0.15) is 5.82 Å². The van der Waals surface area contributed by atoms with E-state index in [9.17, 15) is 0 Å². The molecule has 0 atom stereocenters. The van der Waals surface area contributed by atoms with Crippen molar-refractivity contribution < 1.29 is 0 Å². The summed E-state index contributed by atoms with van der Waals surface area (Å²) in [5, 5.41) is 7.03. The van der Waals surface area contributed by atoms with Crippen LogP contribution in [0.15, 0.2) is 65.8 Å². The number of aromatic nitrogens is 1. The summed E-state index contributed by atoms with van der Waals surface area (Å²) in [6.07, 6.45) is 8.45. The van der Waals surface area contributed by atoms with E-state index in [1.54, 1.807) is 0 Å². The number of benzene rings is 1. The Hall–Kier alpha value is -2.29. The van der Waals surface area contributed by atoms with Crippen molar-refractivity contribution in [3.8, 4) is 0 Å². The van der Waals surface area contributed by atoms with Crippen LogP contribution in [0, 0.1) is 0 Å². The Morgan fingerprint density at radius 2 is 1.77 bits per heavy atom. The second kappa shape index (κ2) is 11.2. The van der Waals surface area contributed by atoms with E-state index in [2.05, 4.69) is 72.9 Å². The Balaban J connectivity index is 0.00000256. The maximum atomic E-state index is 4.46. The average Bonchev–Trinajstić information content (AvgIpc) is 3.33. The van der Waals surface area contributed by atoms with Crippen LogP contribution in [0.4, 0.5) is 11.5 Å². The Bertz CT molecular complexity index is 821. The van der Waals surface area contributed by atoms with Gasteiger partial charge in [0, 0.05) is 57.7 Å². The fourth-order valence-electron chi connectivity index (χ4n) is 3.88. The zero-order chi connectivity index (χ0) is 19.9. The van der Waals surface area contributed by atoms with E-state index in [4.69, 9.17) is 0 Å². The van der Waals surface area contributed by atoms with Crippen LogP contribution in [0.5, 0.6) is 0 Å². The highest BCUT2D eigenvalue weighted by Gasteiger charge is 2.20. The Morgan fingerprint density at radius 1 is 1.03 bits per heavy atom. The SMILES string of the molecule is CN=C(NCc1ccc(N2CC=CC2)cc1)NC1CCN(c2ccccn2)CC1.I. The lowest BCUT2D eigenvalue weighted by Gasteiger charge is -2.33. The summed E-state index contributed by atoms with van der Waals surface area (Å²) in [4.78, 5) is 13.6. The van der Waals surface area contributed by atoms with Crippen LogP contribution in [-0.2, 0) is 6.54 Å². The first-order valence-corrected chi connectivity index (χ1v) is 10.4. The molecule has 160 valence electrons. The van der Waals surface area contributed by atoms with Gasteiger partial charge in [-0.2, -0.15) is 0 Å². The second-order valence-electron chi connectivity index (χ2n) is 7.56. The molecular weight excluding hydrogens is 487 g/mol. The summed E-state index contributed by atoms with van der Waals surface area (Å²) in [7, 11) is 1.84. The summed E-state index contributed by atoms with van der Waals surface area (Å²) >= 11 is 0. The summed E-state index contributed by atoms with van der Waals surface area (Å²) in [6.45, 7) is 4.81. The first-order valence-electron chi connectivity index (χ1n) is 10.4. The smallest absolute Gasteiger partial charge is 0.191 e. The predicted octanol–water partition coefficient (Wildman–Crippen LogP) is 3.41. The monoisotopic (exact) mass is 518 g/mol. The lowest BCUT2D eigenvalue weighted by Crippen LogP contribution is -2.48. The second-order valence-corrected chi connectivity index (χ2v) is 7.56. The highest BCUT2D eigenvalue weighted by molar-refractivity contribution is 14.0. The summed E-state index contributed by atoms with van der Waals surface area (Å²) < 4.78 is 0. The highest BCUT2D eigenvalue weighted by Crippen LogP contribution is 2.18. The van der Waals surface area contributed by atoms with Crippen molar-refractivity contribution in [3.63, 3.8) is 0 Å². The molecule has 6 nitrogen and oxygen atoms in total. The van der Waals surface area contributed by atoms with Crippen LogP contribution in [0.2, 0.25) is 0 Å². The van der Waals surface area contributed by atoms with Crippen LogP contribution in [0.25, 0.3) is 0 Å². The van der Waals surface area contributed by atoms with Gasteiger partial charge in [-0.25, -0.2) is 4.98 Å². The Labute approximate surface area is 196 Å². The fraction of sp³-hybridized carbons (Fsp3) is 0.391. The number of pyridine rings is 1. The molecule has 0 unspecified atom stereocenters. The van der Waals surface area contributed by atoms with Crippen molar-refractivity contribution in [2.75, 3.05) is 43.0 Å². The molecule has 3 heterocycles. The molecule has 0 saturated carbocycles. The summed E-state index contributed by atoms with van der Waals surface area (Å²) in [5.74, 6) is 1.94. The molecule has 4 rings (SSSR count). The number of guanidine groups is 1. The number of aliphatic imine (C=N–C) groups is 1. The molecule has 0 amide bonds. The molecule has 2 aliphatic heterocycles. The van der Waals surface area contributed by atoms with Crippen molar-refractivity contribution in [2.45, 2.75) is 25.4 Å². The molecule has 0 bridgehead atoms. The highest BCUT2D eigenvalue weighted by atomic mass is 127. The van der Waals surface area contributed by atoms with Crippen LogP contribution in [0.3, 0.4) is 0 Å². The van der Waals surface area contributed by atoms with Gasteiger partial charge in [0.15, 0.2) is 5.96 Å². The molecule has 2 aliphatic rings. The lowest BCUT2D eigenvalue weighted by molar-refractivity contribution is 0.459. The first kappa shape index (κ1) is 22.4. The van der Waals surface area contributed by atoms with E-state index in [-0.39, 0.29) is 24.0 Å².